The molecule has 2 aromatic rings. The lowest BCUT2D eigenvalue weighted by molar-refractivity contribution is -0.387. The van der Waals surface area contributed by atoms with E-state index in [1.54, 1.807) is 12.4 Å². The van der Waals surface area contributed by atoms with Gasteiger partial charge >= 0.3 is 5.69 Å². The molecule has 1 aromatic carbocycles. The first kappa shape index (κ1) is 14.6. The van der Waals surface area contributed by atoms with Gasteiger partial charge in [0.2, 0.25) is 5.82 Å². The Morgan fingerprint density at radius 1 is 1.48 bits per heavy atom. The van der Waals surface area contributed by atoms with Crippen LogP contribution in [-0.4, -0.2) is 27.3 Å². The molecule has 2 N–H and O–H groups in total. The lowest BCUT2D eigenvalue weighted by Gasteiger charge is -2.05. The fourth-order valence-electron chi connectivity index (χ4n) is 1.79. The molecule has 0 saturated heterocycles. The van der Waals surface area contributed by atoms with Crippen LogP contribution in [0, 0.1) is 15.9 Å². The maximum atomic E-state index is 13.4. The van der Waals surface area contributed by atoms with Gasteiger partial charge in [0, 0.05) is 37.0 Å². The van der Waals surface area contributed by atoms with E-state index in [9.17, 15) is 19.3 Å². The maximum absolute atomic E-state index is 13.4. The van der Waals surface area contributed by atoms with E-state index < -0.39 is 22.3 Å². The highest BCUT2D eigenvalue weighted by atomic mass is 19.1. The molecule has 0 fully saturated rings. The molecule has 0 aliphatic heterocycles. The van der Waals surface area contributed by atoms with Gasteiger partial charge in [0.1, 0.15) is 5.82 Å². The van der Waals surface area contributed by atoms with Gasteiger partial charge < -0.3 is 10.3 Å². The van der Waals surface area contributed by atoms with Crippen molar-refractivity contribution in [2.24, 2.45) is 0 Å². The minimum atomic E-state index is -1.02. The second-order valence-electron chi connectivity index (χ2n) is 4.32. The van der Waals surface area contributed by atoms with Crippen LogP contribution in [0.5, 0.6) is 0 Å². The third-order valence-electron chi connectivity index (χ3n) is 2.84. The summed E-state index contributed by atoms with van der Waals surface area (Å²) in [6.45, 7) is 0.401. The summed E-state index contributed by atoms with van der Waals surface area (Å²) in [5.41, 5.74) is -0.597. The van der Waals surface area contributed by atoms with Crippen molar-refractivity contribution in [3.05, 3.63) is 57.9 Å². The minimum Gasteiger partial charge on any atom is -0.352 e. The van der Waals surface area contributed by atoms with E-state index in [1.807, 2.05) is 0 Å². The van der Waals surface area contributed by atoms with E-state index >= 15 is 0 Å². The molecule has 7 nitrogen and oxygen atoms in total. The van der Waals surface area contributed by atoms with Crippen molar-refractivity contribution in [2.45, 2.75) is 12.8 Å². The highest BCUT2D eigenvalue weighted by Gasteiger charge is 2.16. The summed E-state index contributed by atoms with van der Waals surface area (Å²) in [6.07, 6.45) is 4.72. The van der Waals surface area contributed by atoms with E-state index in [2.05, 4.69) is 15.3 Å². The van der Waals surface area contributed by atoms with E-state index in [-0.39, 0.29) is 5.56 Å². The third kappa shape index (κ3) is 3.85. The molecule has 21 heavy (non-hydrogen) atoms. The van der Waals surface area contributed by atoms with Crippen LogP contribution in [0.1, 0.15) is 22.6 Å². The maximum Gasteiger partial charge on any atom is 0.304 e. The standard InChI is InChI=1S/C13H13FN4O3/c14-10-8-9(3-4-11(10)18(20)21)13(19)17-5-1-2-12-15-6-7-16-12/h3-4,6-8H,1-2,5H2,(H,15,16)(H,17,19). The van der Waals surface area contributed by atoms with E-state index in [0.717, 1.165) is 18.0 Å². The van der Waals surface area contributed by atoms with Crippen molar-refractivity contribution in [3.8, 4) is 0 Å². The van der Waals surface area contributed by atoms with Crippen molar-refractivity contribution in [2.75, 3.05) is 6.54 Å². The topological polar surface area (TPSA) is 101 Å². The van der Waals surface area contributed by atoms with E-state index in [0.29, 0.717) is 19.4 Å². The largest absolute Gasteiger partial charge is 0.352 e. The number of rotatable bonds is 6. The Labute approximate surface area is 119 Å². The van der Waals surface area contributed by atoms with Crippen LogP contribution in [0.2, 0.25) is 0 Å². The van der Waals surface area contributed by atoms with Gasteiger partial charge in [-0.1, -0.05) is 0 Å². The number of nitro groups is 1. The highest BCUT2D eigenvalue weighted by molar-refractivity contribution is 5.94. The smallest absolute Gasteiger partial charge is 0.304 e. The van der Waals surface area contributed by atoms with Gasteiger partial charge in [0.25, 0.3) is 5.91 Å². The summed E-state index contributed by atoms with van der Waals surface area (Å²) in [5, 5.41) is 13.1. The summed E-state index contributed by atoms with van der Waals surface area (Å²) in [5.74, 6) is -0.669. The molecule has 8 heteroatoms. The molecule has 1 aromatic heterocycles. The number of halogens is 1. The summed E-state index contributed by atoms with van der Waals surface area (Å²) in [6, 6.07) is 3.07. The molecule has 0 spiro atoms. The molecule has 1 heterocycles. The average Bonchev–Trinajstić information content (AvgIpc) is 2.96. The number of H-pyrrole nitrogens is 1. The molecule has 0 saturated carbocycles. The van der Waals surface area contributed by atoms with Gasteiger partial charge in [-0.3, -0.25) is 14.9 Å². The lowest BCUT2D eigenvalue weighted by Crippen LogP contribution is -2.25. The fourth-order valence-corrected chi connectivity index (χ4v) is 1.79. The zero-order chi connectivity index (χ0) is 15.2. The quantitative estimate of drug-likeness (QED) is 0.481. The van der Waals surface area contributed by atoms with Crippen molar-refractivity contribution >= 4 is 11.6 Å². The lowest BCUT2D eigenvalue weighted by atomic mass is 10.2. The van der Waals surface area contributed by atoms with Crippen molar-refractivity contribution in [1.82, 2.24) is 15.3 Å². The third-order valence-corrected chi connectivity index (χ3v) is 2.84. The number of aromatic amines is 1. The van der Waals surface area contributed by atoms with Gasteiger partial charge in [0.15, 0.2) is 0 Å². The fraction of sp³-hybridized carbons (Fsp3) is 0.231. The monoisotopic (exact) mass is 292 g/mol. The molecule has 2 rings (SSSR count). The van der Waals surface area contributed by atoms with Crippen molar-refractivity contribution in [1.29, 1.82) is 0 Å². The van der Waals surface area contributed by atoms with Gasteiger partial charge in [-0.2, -0.15) is 4.39 Å². The summed E-state index contributed by atoms with van der Waals surface area (Å²) in [4.78, 5) is 28.4. The summed E-state index contributed by atoms with van der Waals surface area (Å²) < 4.78 is 13.4. The zero-order valence-corrected chi connectivity index (χ0v) is 11.0. The van der Waals surface area contributed by atoms with E-state index in [1.165, 1.54) is 6.07 Å². The number of nitro benzene ring substituents is 1. The van der Waals surface area contributed by atoms with Crippen LogP contribution >= 0.6 is 0 Å². The Bertz CT molecular complexity index is 643. The number of carbonyl (C=O) groups is 1. The number of amides is 1. The van der Waals surface area contributed by atoms with Gasteiger partial charge in [0.05, 0.1) is 4.92 Å². The Kier molecular flexibility index (Phi) is 4.60. The molecule has 0 atom stereocenters. The molecule has 0 unspecified atom stereocenters. The summed E-state index contributed by atoms with van der Waals surface area (Å²) >= 11 is 0. The Hall–Kier alpha value is -2.77. The van der Waals surface area contributed by atoms with Crippen molar-refractivity contribution < 1.29 is 14.1 Å². The Morgan fingerprint density at radius 2 is 2.29 bits per heavy atom. The van der Waals surface area contributed by atoms with Crippen LogP contribution in [0.3, 0.4) is 0 Å². The van der Waals surface area contributed by atoms with Crippen molar-refractivity contribution in [3.63, 3.8) is 0 Å². The number of imidazole rings is 1. The molecule has 0 bridgehead atoms. The normalized spacial score (nSPS) is 10.3. The highest BCUT2D eigenvalue weighted by Crippen LogP contribution is 2.17. The Morgan fingerprint density at radius 3 is 2.90 bits per heavy atom. The number of aromatic nitrogens is 2. The van der Waals surface area contributed by atoms with Crippen LogP contribution in [-0.2, 0) is 6.42 Å². The number of nitrogens with one attached hydrogen (secondary N) is 2. The molecule has 0 aliphatic carbocycles. The van der Waals surface area contributed by atoms with Gasteiger partial charge in [-0.25, -0.2) is 4.98 Å². The second-order valence-corrected chi connectivity index (χ2v) is 4.32. The molecule has 0 aliphatic rings. The zero-order valence-electron chi connectivity index (χ0n) is 11.0. The number of carbonyl (C=O) groups excluding carboxylic acids is 1. The SMILES string of the molecule is O=C(NCCCc1ncc[nH]1)c1ccc([N+](=O)[O-])c(F)c1. The van der Waals surface area contributed by atoms with Gasteiger partial charge in [-0.05, 0) is 18.6 Å². The second kappa shape index (κ2) is 6.60. The minimum absolute atomic E-state index is 0.0519. The molecular weight excluding hydrogens is 279 g/mol. The number of nitrogens with zero attached hydrogens (tertiary/aromatic N) is 2. The van der Waals surface area contributed by atoms with Crippen LogP contribution in [0.4, 0.5) is 10.1 Å². The summed E-state index contributed by atoms with van der Waals surface area (Å²) in [7, 11) is 0. The van der Waals surface area contributed by atoms with E-state index in [4.69, 9.17) is 0 Å². The van der Waals surface area contributed by atoms with Crippen LogP contribution in [0.15, 0.2) is 30.6 Å². The number of hydrogen-bond acceptors (Lipinski definition) is 4. The Balaban J connectivity index is 1.85. The first-order valence-electron chi connectivity index (χ1n) is 6.28. The molecule has 0 radical (unpaired) electrons. The first-order valence-corrected chi connectivity index (χ1v) is 6.28. The number of aryl methyl sites for hydroxylation is 1. The average molecular weight is 292 g/mol. The predicted molar refractivity (Wildman–Crippen MR) is 72.3 cm³/mol. The molecular formula is C13H13FN4O3. The van der Waals surface area contributed by atoms with Gasteiger partial charge in [-0.15, -0.1) is 0 Å². The number of hydrogen-bond donors (Lipinski definition) is 2. The molecule has 1 amide bonds. The molecule has 110 valence electrons. The first-order chi connectivity index (χ1) is 10.1. The van der Waals surface area contributed by atoms with Crippen LogP contribution in [0.25, 0.3) is 0 Å². The predicted octanol–water partition coefficient (Wildman–Crippen LogP) is 1.82. The van der Waals surface area contributed by atoms with Crippen LogP contribution < -0.4 is 5.32 Å². The number of benzene rings is 1.